The molecule has 1 amide bonds. The molecule has 0 radical (unpaired) electrons. The number of hydrogen-bond acceptors (Lipinski definition) is 4. The van der Waals surface area contributed by atoms with Gasteiger partial charge in [0, 0.05) is 18.8 Å². The monoisotopic (exact) mass is 452 g/mol. The molecule has 0 unspecified atom stereocenters. The van der Waals surface area contributed by atoms with E-state index in [1.165, 1.54) is 36.6 Å². The fraction of sp³-hybridized carbons (Fsp3) is 0.481. The van der Waals surface area contributed by atoms with Crippen molar-refractivity contribution in [2.24, 2.45) is 0 Å². The molecule has 0 bridgehead atoms. The number of ether oxygens (including phenoxy) is 1. The molecule has 33 heavy (non-hydrogen) atoms. The van der Waals surface area contributed by atoms with Crippen molar-refractivity contribution in [3.8, 4) is 5.75 Å². The van der Waals surface area contributed by atoms with Crippen LogP contribution in [-0.4, -0.2) is 36.7 Å². The lowest BCUT2D eigenvalue weighted by Crippen LogP contribution is -2.34. The molecule has 0 aromatic heterocycles. The number of carboxylic acid groups (broad SMARTS) is 1. The normalized spacial score (nSPS) is 14.5. The number of piperidine rings is 1. The van der Waals surface area contributed by atoms with Gasteiger partial charge in [-0.1, -0.05) is 44.0 Å². The van der Waals surface area contributed by atoms with E-state index in [4.69, 9.17) is 4.74 Å². The van der Waals surface area contributed by atoms with E-state index in [1.54, 1.807) is 12.1 Å². The maximum atomic E-state index is 13.1. The van der Waals surface area contributed by atoms with E-state index in [1.807, 2.05) is 13.0 Å². The van der Waals surface area contributed by atoms with Crippen molar-refractivity contribution >= 4 is 17.6 Å². The number of anilines is 1. The molecule has 0 saturated carbocycles. The molecule has 6 nitrogen and oxygen atoms in total. The van der Waals surface area contributed by atoms with Gasteiger partial charge in [-0.15, -0.1) is 0 Å². The molecule has 2 aromatic carbocycles. The van der Waals surface area contributed by atoms with Crippen molar-refractivity contribution in [1.82, 2.24) is 5.32 Å². The summed E-state index contributed by atoms with van der Waals surface area (Å²) < 4.78 is 5.49. The highest BCUT2D eigenvalue weighted by Crippen LogP contribution is 2.31. The molecule has 178 valence electrons. The molecule has 1 fully saturated rings. The van der Waals surface area contributed by atoms with Gasteiger partial charge in [0.25, 0.3) is 0 Å². The van der Waals surface area contributed by atoms with Crippen LogP contribution in [0, 0.1) is 0 Å². The molecule has 1 saturated heterocycles. The van der Waals surface area contributed by atoms with Crippen LogP contribution in [0.3, 0.4) is 0 Å². The summed E-state index contributed by atoms with van der Waals surface area (Å²) in [4.78, 5) is 26.9. The van der Waals surface area contributed by atoms with Crippen LogP contribution < -0.4 is 15.0 Å². The number of nitrogens with one attached hydrogen (secondary N) is 1. The van der Waals surface area contributed by atoms with Crippen LogP contribution in [0.15, 0.2) is 42.5 Å². The minimum Gasteiger partial charge on any atom is -0.493 e. The van der Waals surface area contributed by atoms with Gasteiger partial charge < -0.3 is 20.1 Å². The van der Waals surface area contributed by atoms with E-state index in [0.29, 0.717) is 12.4 Å². The summed E-state index contributed by atoms with van der Waals surface area (Å²) in [7, 11) is 0. The maximum Gasteiger partial charge on any atom is 0.339 e. The van der Waals surface area contributed by atoms with Crippen molar-refractivity contribution in [3.05, 3.63) is 59.2 Å². The van der Waals surface area contributed by atoms with Crippen molar-refractivity contribution in [3.63, 3.8) is 0 Å². The first-order valence-corrected chi connectivity index (χ1v) is 12.2. The quantitative estimate of drug-likeness (QED) is 0.480. The number of hydrogen-bond donors (Lipinski definition) is 2. The molecule has 0 aliphatic carbocycles. The van der Waals surface area contributed by atoms with E-state index in [-0.39, 0.29) is 23.9 Å². The zero-order valence-electron chi connectivity index (χ0n) is 19.8. The number of para-hydroxylation sites is 1. The molecule has 2 N–H and O–H groups in total. The van der Waals surface area contributed by atoms with Gasteiger partial charge >= 0.3 is 5.97 Å². The number of carbonyl (C=O) groups is 2. The first-order valence-electron chi connectivity index (χ1n) is 12.2. The van der Waals surface area contributed by atoms with E-state index >= 15 is 0 Å². The van der Waals surface area contributed by atoms with Gasteiger partial charge in [-0.2, -0.15) is 0 Å². The molecule has 2 aromatic rings. The maximum absolute atomic E-state index is 13.1. The summed E-state index contributed by atoms with van der Waals surface area (Å²) in [6.07, 6.45) is 6.83. The third-order valence-corrected chi connectivity index (χ3v) is 6.13. The van der Waals surface area contributed by atoms with Gasteiger partial charge in [0.05, 0.1) is 19.1 Å². The zero-order chi connectivity index (χ0) is 23.6. The van der Waals surface area contributed by atoms with E-state index in [2.05, 4.69) is 35.3 Å². The number of aromatic carboxylic acids is 1. The molecule has 1 heterocycles. The van der Waals surface area contributed by atoms with Gasteiger partial charge in [-0.25, -0.2) is 4.79 Å². The molecule has 1 aliphatic rings. The van der Waals surface area contributed by atoms with Crippen LogP contribution in [0.25, 0.3) is 0 Å². The minimum atomic E-state index is -1.04. The number of unbranched alkanes of at least 4 members (excludes halogenated alkanes) is 1. The molecule has 1 aliphatic heterocycles. The largest absolute Gasteiger partial charge is 0.493 e. The topological polar surface area (TPSA) is 78.9 Å². The Morgan fingerprint density at radius 2 is 1.85 bits per heavy atom. The zero-order valence-corrected chi connectivity index (χ0v) is 19.8. The Kier molecular flexibility index (Phi) is 9.16. The van der Waals surface area contributed by atoms with Crippen molar-refractivity contribution in [2.45, 2.75) is 64.8 Å². The molecule has 6 heteroatoms. The van der Waals surface area contributed by atoms with Crippen molar-refractivity contribution in [1.29, 1.82) is 0 Å². The van der Waals surface area contributed by atoms with Gasteiger partial charge in [-0.05, 0) is 61.9 Å². The Bertz CT molecular complexity index is 937. The van der Waals surface area contributed by atoms with Gasteiger partial charge in [-0.3, -0.25) is 4.79 Å². The van der Waals surface area contributed by atoms with Crippen LogP contribution in [0.4, 0.5) is 5.69 Å². The highest BCUT2D eigenvalue weighted by molar-refractivity contribution is 5.91. The van der Waals surface area contributed by atoms with Crippen LogP contribution in [0.1, 0.15) is 79.9 Å². The fourth-order valence-corrected chi connectivity index (χ4v) is 4.48. The number of amides is 1. The first kappa shape index (κ1) is 24.6. The summed E-state index contributed by atoms with van der Waals surface area (Å²) in [6, 6.07) is 13.2. The highest BCUT2D eigenvalue weighted by Gasteiger charge is 2.22. The third kappa shape index (κ3) is 6.73. The van der Waals surface area contributed by atoms with Gasteiger partial charge in [0.15, 0.2) is 0 Å². The fourth-order valence-electron chi connectivity index (χ4n) is 4.48. The molecule has 3 rings (SSSR count). The number of benzene rings is 2. The van der Waals surface area contributed by atoms with Crippen LogP contribution in [-0.2, 0) is 11.2 Å². The van der Waals surface area contributed by atoms with Crippen LogP contribution >= 0.6 is 0 Å². The van der Waals surface area contributed by atoms with Crippen molar-refractivity contribution < 1.29 is 19.4 Å². The van der Waals surface area contributed by atoms with Gasteiger partial charge in [0.2, 0.25) is 5.91 Å². The lowest BCUT2D eigenvalue weighted by molar-refractivity contribution is -0.121. The summed E-state index contributed by atoms with van der Waals surface area (Å²) >= 11 is 0. The second-order valence-electron chi connectivity index (χ2n) is 8.61. The van der Waals surface area contributed by atoms with E-state index < -0.39 is 5.97 Å². The highest BCUT2D eigenvalue weighted by atomic mass is 16.5. The Labute approximate surface area is 196 Å². The van der Waals surface area contributed by atoms with Crippen LogP contribution in [0.5, 0.6) is 5.75 Å². The number of rotatable bonds is 11. The number of carboxylic acids is 1. The predicted octanol–water partition coefficient (Wildman–Crippen LogP) is 5.36. The Balaban J connectivity index is 1.78. The Hall–Kier alpha value is -3.02. The number of carbonyl (C=O) groups excluding carboxylic acids is 1. The first-order chi connectivity index (χ1) is 16.0. The van der Waals surface area contributed by atoms with Gasteiger partial charge in [0.1, 0.15) is 11.3 Å². The molecule has 1 atom stereocenters. The summed E-state index contributed by atoms with van der Waals surface area (Å²) in [5, 5.41) is 12.6. The van der Waals surface area contributed by atoms with E-state index in [0.717, 1.165) is 37.9 Å². The third-order valence-electron chi connectivity index (χ3n) is 6.13. The SMILES string of the molecule is CCCC[C@H](NC(=O)Cc1ccc(C(=O)O)c(OCC)c1)c1ccccc1N1CCCCC1. The summed E-state index contributed by atoms with van der Waals surface area (Å²) in [6.45, 7) is 6.45. The molecular weight excluding hydrogens is 416 g/mol. The van der Waals surface area contributed by atoms with E-state index in [9.17, 15) is 14.7 Å². The summed E-state index contributed by atoms with van der Waals surface area (Å²) in [5.74, 6) is -0.813. The lowest BCUT2D eigenvalue weighted by atomic mass is 9.97. The standard InChI is InChI=1S/C27H36N2O4/c1-3-5-12-23(21-11-7-8-13-24(21)29-16-9-6-10-17-29)28-26(30)19-20-14-15-22(27(31)32)25(18-20)33-4-2/h7-8,11,13-15,18,23H,3-6,9-10,12,16-17,19H2,1-2H3,(H,28,30)(H,31,32)/t23-/m0/s1. The number of nitrogens with zero attached hydrogens (tertiary/aromatic N) is 1. The average molecular weight is 453 g/mol. The molecule has 0 spiro atoms. The lowest BCUT2D eigenvalue weighted by Gasteiger charge is -2.33. The smallest absolute Gasteiger partial charge is 0.339 e. The average Bonchev–Trinajstić information content (AvgIpc) is 2.82. The Morgan fingerprint density at radius 1 is 1.09 bits per heavy atom. The second kappa shape index (κ2) is 12.3. The molecular formula is C27H36N2O4. The minimum absolute atomic E-state index is 0.0553. The Morgan fingerprint density at radius 3 is 2.55 bits per heavy atom. The predicted molar refractivity (Wildman–Crippen MR) is 131 cm³/mol. The summed E-state index contributed by atoms with van der Waals surface area (Å²) in [5.41, 5.74) is 3.25. The second-order valence-corrected chi connectivity index (χ2v) is 8.61. The van der Waals surface area contributed by atoms with Crippen LogP contribution in [0.2, 0.25) is 0 Å². The van der Waals surface area contributed by atoms with Crippen molar-refractivity contribution in [2.75, 3.05) is 24.6 Å².